The van der Waals surface area contributed by atoms with Gasteiger partial charge in [-0.3, -0.25) is 20.2 Å². The second-order valence-electron chi connectivity index (χ2n) is 6.26. The molecule has 1 aromatic rings. The minimum absolute atomic E-state index is 0.0900. The molecule has 0 aromatic heterocycles. The summed E-state index contributed by atoms with van der Waals surface area (Å²) in [5, 5.41) is 61.1. The highest BCUT2D eigenvalue weighted by molar-refractivity contribution is 5.88. The number of phenols is 2. The SMILES string of the molecule is CC(Cc1ccc(O)c(O)c1)(NN)C(=O)O.O=C(O)CC(O)(CC(=O)O)C(=O)O. The van der Waals surface area contributed by atoms with Crippen LogP contribution in [0, 0.1) is 0 Å². The number of carboxylic acids is 4. The molecule has 0 aliphatic rings. The van der Waals surface area contributed by atoms with E-state index in [1.807, 2.05) is 0 Å². The van der Waals surface area contributed by atoms with Gasteiger partial charge in [-0.05, 0) is 24.6 Å². The highest BCUT2D eigenvalue weighted by Crippen LogP contribution is 2.26. The standard InChI is InChI=1S/C10H14N2O4.C6H8O7/c1-10(12-11,9(15)16)5-6-2-3-7(13)8(14)4-6;7-3(8)1-6(13,5(11)12)2-4(9)10/h2-4,12-14H,5,11H2,1H3,(H,15,16);13H,1-2H2,(H,7,8)(H,9,10)(H,11,12). The van der Waals surface area contributed by atoms with Crippen LogP contribution >= 0.6 is 0 Å². The Morgan fingerprint density at radius 3 is 1.72 bits per heavy atom. The second-order valence-corrected chi connectivity index (χ2v) is 6.26. The predicted molar refractivity (Wildman–Crippen MR) is 93.9 cm³/mol. The fourth-order valence-electron chi connectivity index (χ4n) is 1.99. The van der Waals surface area contributed by atoms with Crippen LogP contribution in [0.5, 0.6) is 11.5 Å². The van der Waals surface area contributed by atoms with Crippen LogP contribution in [0.3, 0.4) is 0 Å². The molecule has 0 aliphatic heterocycles. The molecule has 0 fully saturated rings. The van der Waals surface area contributed by atoms with Gasteiger partial charge < -0.3 is 35.7 Å². The molecule has 0 spiro atoms. The summed E-state index contributed by atoms with van der Waals surface area (Å²) in [4.78, 5) is 41.4. The van der Waals surface area contributed by atoms with E-state index < -0.39 is 47.9 Å². The number of aliphatic carboxylic acids is 4. The molecule has 1 unspecified atom stereocenters. The molecule has 13 nitrogen and oxygen atoms in total. The van der Waals surface area contributed by atoms with E-state index >= 15 is 0 Å². The first-order valence-electron chi connectivity index (χ1n) is 7.78. The topological polar surface area (TPSA) is 248 Å². The van der Waals surface area contributed by atoms with Crippen molar-refractivity contribution in [3.63, 3.8) is 0 Å². The zero-order valence-electron chi connectivity index (χ0n) is 15.2. The highest BCUT2D eigenvalue weighted by atomic mass is 16.4. The lowest BCUT2D eigenvalue weighted by Crippen LogP contribution is -2.54. The number of benzene rings is 1. The summed E-state index contributed by atoms with van der Waals surface area (Å²) in [6.45, 7) is 1.43. The number of aliphatic hydroxyl groups is 1. The summed E-state index contributed by atoms with van der Waals surface area (Å²) in [7, 11) is 0. The quantitative estimate of drug-likeness (QED) is 0.129. The first-order valence-corrected chi connectivity index (χ1v) is 7.78. The minimum atomic E-state index is -2.74. The Morgan fingerprint density at radius 2 is 1.41 bits per heavy atom. The average Bonchev–Trinajstić information content (AvgIpc) is 2.57. The van der Waals surface area contributed by atoms with Crippen molar-refractivity contribution in [2.24, 2.45) is 5.84 Å². The number of phenolic OH excluding ortho intramolecular Hbond substituents is 2. The van der Waals surface area contributed by atoms with Crippen molar-refractivity contribution in [2.75, 3.05) is 0 Å². The van der Waals surface area contributed by atoms with Crippen LogP contribution in [0.25, 0.3) is 0 Å². The summed E-state index contributed by atoms with van der Waals surface area (Å²) < 4.78 is 0. The number of nitrogens with two attached hydrogens (primary N) is 1. The lowest BCUT2D eigenvalue weighted by Gasteiger charge is -2.23. The van der Waals surface area contributed by atoms with Gasteiger partial charge >= 0.3 is 23.9 Å². The normalized spacial score (nSPS) is 12.8. The number of hydrazine groups is 1. The molecule has 0 aliphatic carbocycles. The smallest absolute Gasteiger partial charge is 0.336 e. The van der Waals surface area contributed by atoms with Crippen LogP contribution in [0.2, 0.25) is 0 Å². The lowest BCUT2D eigenvalue weighted by molar-refractivity contribution is -0.170. The molecule has 13 heteroatoms. The van der Waals surface area contributed by atoms with Crippen molar-refractivity contribution in [1.82, 2.24) is 5.43 Å². The third-order valence-corrected chi connectivity index (χ3v) is 3.67. The van der Waals surface area contributed by atoms with Crippen LogP contribution in [0.1, 0.15) is 25.3 Å². The third kappa shape index (κ3) is 8.00. The minimum Gasteiger partial charge on any atom is -0.504 e. The number of nitrogens with one attached hydrogen (secondary N) is 1. The summed E-state index contributed by atoms with van der Waals surface area (Å²) >= 11 is 0. The molecule has 0 amide bonds. The Hall–Kier alpha value is -3.42. The zero-order chi connectivity index (χ0) is 23.0. The maximum atomic E-state index is 11.0. The van der Waals surface area contributed by atoms with Crippen LogP contribution in [-0.4, -0.2) is 70.8 Å². The Bertz CT molecular complexity index is 764. The Morgan fingerprint density at radius 1 is 0.931 bits per heavy atom. The van der Waals surface area contributed by atoms with E-state index in [1.165, 1.54) is 25.1 Å². The van der Waals surface area contributed by atoms with Crippen molar-refractivity contribution in [1.29, 1.82) is 0 Å². The van der Waals surface area contributed by atoms with Gasteiger partial charge in [-0.1, -0.05) is 6.07 Å². The summed E-state index contributed by atoms with van der Waals surface area (Å²) in [6.07, 6.45) is -2.20. The van der Waals surface area contributed by atoms with Gasteiger partial charge in [-0.25, -0.2) is 10.2 Å². The predicted octanol–water partition coefficient (Wildman–Crippen LogP) is -1.30. The van der Waals surface area contributed by atoms with Gasteiger partial charge in [0, 0.05) is 6.42 Å². The summed E-state index contributed by atoms with van der Waals surface area (Å²) in [5.74, 6) is -1.47. The molecule has 0 saturated heterocycles. The maximum Gasteiger partial charge on any atom is 0.336 e. The monoisotopic (exact) mass is 418 g/mol. The van der Waals surface area contributed by atoms with Crippen molar-refractivity contribution < 1.29 is 54.9 Å². The molecular formula is C16H22N2O11. The molecule has 29 heavy (non-hydrogen) atoms. The van der Waals surface area contributed by atoms with Gasteiger partial charge in [0.2, 0.25) is 0 Å². The second kappa shape index (κ2) is 10.2. The number of aromatic hydroxyl groups is 2. The van der Waals surface area contributed by atoms with Crippen LogP contribution < -0.4 is 11.3 Å². The van der Waals surface area contributed by atoms with Crippen LogP contribution in [0.15, 0.2) is 18.2 Å². The third-order valence-electron chi connectivity index (χ3n) is 3.67. The Kier molecular flexibility index (Phi) is 9.01. The first kappa shape index (κ1) is 25.6. The van der Waals surface area contributed by atoms with E-state index in [-0.39, 0.29) is 17.9 Å². The van der Waals surface area contributed by atoms with Gasteiger partial charge in [-0.15, -0.1) is 0 Å². The van der Waals surface area contributed by atoms with Gasteiger partial charge in [0.25, 0.3) is 0 Å². The van der Waals surface area contributed by atoms with Crippen molar-refractivity contribution in [2.45, 2.75) is 37.3 Å². The highest BCUT2D eigenvalue weighted by Gasteiger charge is 2.40. The average molecular weight is 418 g/mol. The van der Waals surface area contributed by atoms with E-state index in [9.17, 15) is 24.3 Å². The van der Waals surface area contributed by atoms with E-state index in [2.05, 4.69) is 5.43 Å². The largest absolute Gasteiger partial charge is 0.504 e. The molecule has 162 valence electrons. The Labute approximate surface area is 163 Å². The molecule has 10 N–H and O–H groups in total. The van der Waals surface area contributed by atoms with E-state index in [1.54, 1.807) is 0 Å². The van der Waals surface area contributed by atoms with Gasteiger partial charge in [0.15, 0.2) is 17.1 Å². The van der Waals surface area contributed by atoms with Gasteiger partial charge in [0.05, 0.1) is 12.8 Å². The van der Waals surface area contributed by atoms with E-state index in [4.69, 9.17) is 36.5 Å². The number of rotatable bonds is 9. The van der Waals surface area contributed by atoms with E-state index in [0.29, 0.717) is 5.56 Å². The van der Waals surface area contributed by atoms with Crippen LogP contribution in [-0.2, 0) is 25.6 Å². The van der Waals surface area contributed by atoms with Gasteiger partial charge in [-0.2, -0.15) is 0 Å². The Balaban J connectivity index is 0.000000555. The number of carboxylic acid groups (broad SMARTS) is 4. The van der Waals surface area contributed by atoms with Crippen molar-refractivity contribution in [3.8, 4) is 11.5 Å². The molecule has 0 radical (unpaired) electrons. The fourth-order valence-corrected chi connectivity index (χ4v) is 1.99. The fraction of sp³-hybridized carbons (Fsp3) is 0.375. The van der Waals surface area contributed by atoms with Crippen molar-refractivity contribution in [3.05, 3.63) is 23.8 Å². The molecule has 1 aromatic carbocycles. The molecule has 1 rings (SSSR count). The molecule has 0 heterocycles. The lowest BCUT2D eigenvalue weighted by atomic mass is 9.93. The number of hydrogen-bond donors (Lipinski definition) is 9. The van der Waals surface area contributed by atoms with Crippen molar-refractivity contribution >= 4 is 23.9 Å². The number of hydrogen-bond acceptors (Lipinski definition) is 9. The molecule has 0 saturated carbocycles. The molecule has 0 bridgehead atoms. The molecular weight excluding hydrogens is 396 g/mol. The zero-order valence-corrected chi connectivity index (χ0v) is 15.2. The van der Waals surface area contributed by atoms with Crippen LogP contribution in [0.4, 0.5) is 0 Å². The summed E-state index contributed by atoms with van der Waals surface area (Å²) in [5.41, 5.74) is -1.28. The first-order chi connectivity index (χ1) is 13.2. The van der Waals surface area contributed by atoms with Gasteiger partial charge in [0.1, 0.15) is 5.54 Å². The molecule has 1 atom stereocenters. The van der Waals surface area contributed by atoms with E-state index in [0.717, 1.165) is 0 Å². The maximum absolute atomic E-state index is 11.0. The number of carbonyl (C=O) groups is 4. The summed E-state index contributed by atoms with van der Waals surface area (Å²) in [6, 6.07) is 4.12.